The van der Waals surface area contributed by atoms with Crippen molar-refractivity contribution in [2.45, 2.75) is 25.6 Å². The number of aromatic nitrogens is 1. The fraction of sp³-hybridized carbons (Fsp3) is 0.375. The van der Waals surface area contributed by atoms with Crippen LogP contribution in [0.15, 0.2) is 66.9 Å². The molecule has 1 aliphatic rings. The molecule has 4 nitrogen and oxygen atoms in total. The van der Waals surface area contributed by atoms with E-state index in [1.807, 2.05) is 36.5 Å². The van der Waals surface area contributed by atoms with Gasteiger partial charge in [0.1, 0.15) is 0 Å². The summed E-state index contributed by atoms with van der Waals surface area (Å²) in [7, 11) is 0. The fourth-order valence-electron chi connectivity index (χ4n) is 4.09. The van der Waals surface area contributed by atoms with E-state index in [9.17, 15) is 5.11 Å². The first-order valence-corrected chi connectivity index (χ1v) is 10.1. The average molecular weight is 377 g/mol. The molecule has 1 aromatic heterocycles. The van der Waals surface area contributed by atoms with E-state index in [-0.39, 0.29) is 12.0 Å². The molecule has 0 aliphatic carbocycles. The summed E-state index contributed by atoms with van der Waals surface area (Å²) >= 11 is 0. The number of hydrogen-bond acceptors (Lipinski definition) is 4. The average Bonchev–Trinajstić information content (AvgIpc) is 3.08. The molecule has 0 saturated carbocycles. The van der Waals surface area contributed by atoms with Gasteiger partial charge in [0, 0.05) is 43.7 Å². The molecule has 28 heavy (non-hydrogen) atoms. The number of pyridine rings is 1. The highest BCUT2D eigenvalue weighted by molar-refractivity contribution is 5.81. The molecule has 0 spiro atoms. The van der Waals surface area contributed by atoms with E-state index in [1.54, 1.807) is 0 Å². The first kappa shape index (κ1) is 19.1. The van der Waals surface area contributed by atoms with Crippen LogP contribution in [0.2, 0.25) is 0 Å². The number of aliphatic hydroxyl groups is 1. The number of rotatable bonds is 8. The maximum absolute atomic E-state index is 10.6. The molecule has 4 heteroatoms. The zero-order valence-corrected chi connectivity index (χ0v) is 16.2. The summed E-state index contributed by atoms with van der Waals surface area (Å²) < 4.78 is 5.78. The lowest BCUT2D eigenvalue weighted by molar-refractivity contribution is 0.108. The number of para-hydroxylation sites is 1. The van der Waals surface area contributed by atoms with E-state index >= 15 is 0 Å². The molecule has 0 bridgehead atoms. The van der Waals surface area contributed by atoms with Crippen molar-refractivity contribution in [2.75, 3.05) is 26.2 Å². The quantitative estimate of drug-likeness (QED) is 0.609. The number of hydrogen-bond donors (Lipinski definition) is 1. The lowest BCUT2D eigenvalue weighted by atomic mass is 9.94. The zero-order chi connectivity index (χ0) is 19.2. The molecule has 0 radical (unpaired) electrons. The van der Waals surface area contributed by atoms with Crippen LogP contribution < -0.4 is 0 Å². The van der Waals surface area contributed by atoms with Gasteiger partial charge in [0.2, 0.25) is 0 Å². The summed E-state index contributed by atoms with van der Waals surface area (Å²) in [6, 6.07) is 20.6. The summed E-state index contributed by atoms with van der Waals surface area (Å²) in [5, 5.41) is 11.8. The van der Waals surface area contributed by atoms with Crippen LogP contribution in [0.4, 0.5) is 0 Å². The molecule has 1 saturated heterocycles. The van der Waals surface area contributed by atoms with Crippen LogP contribution in [-0.4, -0.2) is 47.3 Å². The number of nitrogens with zero attached hydrogens (tertiary/aromatic N) is 2. The molecule has 4 rings (SSSR count). The van der Waals surface area contributed by atoms with Crippen molar-refractivity contribution < 1.29 is 9.84 Å². The molecule has 0 unspecified atom stereocenters. The SMILES string of the molecule is O[C@@H]1CN(CCCOCc2ccccc2)C[C@H]1Cc1ccnc2ccccc12. The Morgan fingerprint density at radius 2 is 1.82 bits per heavy atom. The predicted octanol–water partition coefficient (Wildman–Crippen LogP) is 3.68. The highest BCUT2D eigenvalue weighted by atomic mass is 16.5. The van der Waals surface area contributed by atoms with Crippen molar-refractivity contribution >= 4 is 10.9 Å². The lowest BCUT2D eigenvalue weighted by Gasteiger charge is -2.16. The Morgan fingerprint density at radius 1 is 1.00 bits per heavy atom. The maximum Gasteiger partial charge on any atom is 0.0716 e. The van der Waals surface area contributed by atoms with Crippen LogP contribution in [0.25, 0.3) is 10.9 Å². The Kier molecular flexibility index (Phi) is 6.32. The van der Waals surface area contributed by atoms with Gasteiger partial charge in [-0.2, -0.15) is 0 Å². The minimum Gasteiger partial charge on any atom is -0.391 e. The number of likely N-dealkylation sites (tertiary alicyclic amines) is 1. The monoisotopic (exact) mass is 376 g/mol. The van der Waals surface area contributed by atoms with E-state index in [0.29, 0.717) is 6.61 Å². The van der Waals surface area contributed by atoms with Crippen LogP contribution in [0, 0.1) is 5.92 Å². The number of aliphatic hydroxyl groups excluding tert-OH is 1. The van der Waals surface area contributed by atoms with Gasteiger partial charge in [0.25, 0.3) is 0 Å². The van der Waals surface area contributed by atoms with E-state index in [0.717, 1.165) is 44.6 Å². The van der Waals surface area contributed by atoms with E-state index in [1.165, 1.54) is 16.5 Å². The molecule has 1 N–H and O–H groups in total. The van der Waals surface area contributed by atoms with Crippen molar-refractivity contribution in [3.05, 3.63) is 78.0 Å². The van der Waals surface area contributed by atoms with Crippen LogP contribution >= 0.6 is 0 Å². The normalized spacial score (nSPS) is 20.0. The van der Waals surface area contributed by atoms with Gasteiger partial charge in [0.05, 0.1) is 18.2 Å². The molecule has 2 aromatic carbocycles. The summed E-state index contributed by atoms with van der Waals surface area (Å²) in [6.07, 6.45) is 3.49. The molecule has 2 heterocycles. The van der Waals surface area contributed by atoms with Gasteiger partial charge in [-0.15, -0.1) is 0 Å². The minimum atomic E-state index is -0.267. The Bertz CT molecular complexity index is 879. The Hall–Kier alpha value is -2.27. The summed E-state index contributed by atoms with van der Waals surface area (Å²) in [5.74, 6) is 0.274. The number of benzene rings is 2. The van der Waals surface area contributed by atoms with Crippen molar-refractivity contribution in [2.24, 2.45) is 5.92 Å². The minimum absolute atomic E-state index is 0.267. The zero-order valence-electron chi connectivity index (χ0n) is 16.2. The topological polar surface area (TPSA) is 45.6 Å². The molecule has 1 fully saturated rings. The second-order valence-corrected chi connectivity index (χ2v) is 7.67. The van der Waals surface area contributed by atoms with Crippen molar-refractivity contribution in [1.82, 2.24) is 9.88 Å². The molecular weight excluding hydrogens is 348 g/mol. The van der Waals surface area contributed by atoms with E-state index in [2.05, 4.69) is 40.2 Å². The third-order valence-electron chi connectivity index (χ3n) is 5.58. The third kappa shape index (κ3) is 4.76. The molecular formula is C24H28N2O2. The Morgan fingerprint density at radius 3 is 2.71 bits per heavy atom. The van der Waals surface area contributed by atoms with Gasteiger partial charge in [-0.3, -0.25) is 4.98 Å². The number of ether oxygens (including phenoxy) is 1. The van der Waals surface area contributed by atoms with E-state index < -0.39 is 0 Å². The molecule has 3 aromatic rings. The van der Waals surface area contributed by atoms with E-state index in [4.69, 9.17) is 4.74 Å². The van der Waals surface area contributed by atoms with Gasteiger partial charge >= 0.3 is 0 Å². The van der Waals surface area contributed by atoms with Gasteiger partial charge in [-0.1, -0.05) is 48.5 Å². The Labute approximate surface area is 166 Å². The first-order chi connectivity index (χ1) is 13.8. The van der Waals surface area contributed by atoms with Gasteiger partial charge in [0.15, 0.2) is 0 Å². The van der Waals surface area contributed by atoms with Crippen LogP contribution in [0.5, 0.6) is 0 Å². The van der Waals surface area contributed by atoms with Crippen molar-refractivity contribution in [3.63, 3.8) is 0 Å². The highest BCUT2D eigenvalue weighted by Gasteiger charge is 2.31. The molecule has 146 valence electrons. The van der Waals surface area contributed by atoms with Crippen LogP contribution in [0.3, 0.4) is 0 Å². The maximum atomic E-state index is 10.6. The summed E-state index contributed by atoms with van der Waals surface area (Å²) in [5.41, 5.74) is 3.52. The second-order valence-electron chi connectivity index (χ2n) is 7.67. The number of fused-ring (bicyclic) bond motifs is 1. The first-order valence-electron chi connectivity index (χ1n) is 10.1. The Balaban J connectivity index is 1.24. The lowest BCUT2D eigenvalue weighted by Crippen LogP contribution is -2.24. The third-order valence-corrected chi connectivity index (χ3v) is 5.58. The van der Waals surface area contributed by atoms with Crippen LogP contribution in [-0.2, 0) is 17.8 Å². The predicted molar refractivity (Wildman–Crippen MR) is 112 cm³/mol. The van der Waals surface area contributed by atoms with Gasteiger partial charge < -0.3 is 14.7 Å². The summed E-state index contributed by atoms with van der Waals surface area (Å²) in [6.45, 7) is 4.09. The van der Waals surface area contributed by atoms with Gasteiger partial charge in [-0.05, 0) is 36.1 Å². The molecule has 0 amide bonds. The summed E-state index contributed by atoms with van der Waals surface area (Å²) in [4.78, 5) is 6.81. The van der Waals surface area contributed by atoms with Gasteiger partial charge in [-0.25, -0.2) is 0 Å². The highest BCUT2D eigenvalue weighted by Crippen LogP contribution is 2.25. The fourth-order valence-corrected chi connectivity index (χ4v) is 4.09. The van der Waals surface area contributed by atoms with Crippen LogP contribution in [0.1, 0.15) is 17.5 Å². The van der Waals surface area contributed by atoms with Crippen molar-refractivity contribution in [1.29, 1.82) is 0 Å². The molecule has 2 atom stereocenters. The smallest absolute Gasteiger partial charge is 0.0716 e. The van der Waals surface area contributed by atoms with Crippen molar-refractivity contribution in [3.8, 4) is 0 Å². The standard InChI is InChI=1S/C24H28N2O2/c27-24-17-26(13-6-14-28-18-19-7-2-1-3-8-19)16-21(24)15-20-11-12-25-23-10-5-4-9-22(20)23/h1-5,7-12,21,24,27H,6,13-18H2/t21-,24-/m1/s1. The molecule has 1 aliphatic heterocycles. The second kappa shape index (κ2) is 9.28. The largest absolute Gasteiger partial charge is 0.391 e. The number of β-amino-alcohol motifs (C(OH)–C–C–N with tert-alkyl or cyclic N) is 1.